The lowest BCUT2D eigenvalue weighted by Crippen LogP contribution is -2.54. The largest absolute Gasteiger partial charge is 0.489 e. The van der Waals surface area contributed by atoms with Crippen LogP contribution >= 0.6 is 23.2 Å². The molecule has 0 saturated heterocycles. The van der Waals surface area contributed by atoms with Crippen molar-refractivity contribution in [3.63, 3.8) is 0 Å². The van der Waals surface area contributed by atoms with Crippen molar-refractivity contribution in [2.75, 3.05) is 13.2 Å². The number of carbonyl (C=O) groups is 2. The minimum absolute atomic E-state index is 0.0631. The van der Waals surface area contributed by atoms with Gasteiger partial charge < -0.3 is 24.4 Å². The molecule has 0 bridgehead atoms. The second-order valence-corrected chi connectivity index (χ2v) is 15.9. The molecule has 1 saturated carbocycles. The Balaban J connectivity index is 0.924. The van der Waals surface area contributed by atoms with Gasteiger partial charge in [0.15, 0.2) is 17.6 Å². The molecule has 57 heavy (non-hydrogen) atoms. The van der Waals surface area contributed by atoms with E-state index < -0.39 is 6.04 Å². The third-order valence-corrected chi connectivity index (χ3v) is 12.0. The molecule has 2 heterocycles. The molecule has 2 unspecified atom stereocenters. The van der Waals surface area contributed by atoms with Crippen LogP contribution in [0, 0.1) is 17.2 Å². The summed E-state index contributed by atoms with van der Waals surface area (Å²) in [5.41, 5.74) is 7.67. The molecule has 3 aliphatic rings. The zero-order chi connectivity index (χ0) is 39.3. The van der Waals surface area contributed by atoms with Crippen molar-refractivity contribution in [1.29, 1.82) is 5.26 Å². The Morgan fingerprint density at radius 1 is 0.807 bits per heavy atom. The van der Waals surface area contributed by atoms with Gasteiger partial charge >= 0.3 is 0 Å². The summed E-state index contributed by atoms with van der Waals surface area (Å²) in [5.74, 6) is 1.84. The highest BCUT2D eigenvalue weighted by Crippen LogP contribution is 2.41. The van der Waals surface area contributed by atoms with Gasteiger partial charge in [0.25, 0.3) is 0 Å². The summed E-state index contributed by atoms with van der Waals surface area (Å²) in [6, 6.07) is 34.5. The Kier molecular flexibility index (Phi) is 11.7. The molecule has 5 aromatic carbocycles. The topological polar surface area (TPSA) is 101 Å². The fraction of sp³-hybridized carbons (Fsp3) is 0.298. The van der Waals surface area contributed by atoms with Crippen molar-refractivity contribution in [3.05, 3.63) is 147 Å². The van der Waals surface area contributed by atoms with Crippen LogP contribution in [0.25, 0.3) is 11.1 Å². The molecule has 2 aliphatic heterocycles. The molecule has 290 valence electrons. The summed E-state index contributed by atoms with van der Waals surface area (Å²) in [4.78, 5) is 29.9. The Labute approximate surface area is 343 Å². The quantitative estimate of drug-likeness (QED) is 0.151. The lowest BCUT2D eigenvalue weighted by Gasteiger charge is -2.39. The van der Waals surface area contributed by atoms with E-state index in [0.717, 1.165) is 71.0 Å². The van der Waals surface area contributed by atoms with E-state index in [0.29, 0.717) is 72.0 Å². The van der Waals surface area contributed by atoms with Crippen LogP contribution in [0.5, 0.6) is 17.2 Å². The summed E-state index contributed by atoms with van der Waals surface area (Å²) in [6.45, 7) is 1.49. The highest BCUT2D eigenvalue weighted by Gasteiger charge is 2.39. The van der Waals surface area contributed by atoms with Crippen LogP contribution in [-0.2, 0) is 35.6 Å². The summed E-state index contributed by atoms with van der Waals surface area (Å²) >= 11 is 12.2. The van der Waals surface area contributed by atoms with Crippen LogP contribution in [0.2, 0.25) is 10.0 Å². The summed E-state index contributed by atoms with van der Waals surface area (Å²) in [7, 11) is 0. The monoisotopic (exact) mass is 799 g/mol. The van der Waals surface area contributed by atoms with Crippen molar-refractivity contribution < 1.29 is 23.8 Å². The summed E-state index contributed by atoms with van der Waals surface area (Å²) in [5, 5.41) is 13.2. The SMILES string of the molecule is N#Cc1ccc(-c2ccc(CCNC(=O)C3Cc4cc5c(cc4CN3C(=O)C3CCCCC3)OC(c3ccc(OCc4ccc(Cl)c(Cl)c4)cc3)CO5)cc2)cc1. The van der Waals surface area contributed by atoms with Crippen LogP contribution in [0.15, 0.2) is 103 Å². The first-order chi connectivity index (χ1) is 27.8. The van der Waals surface area contributed by atoms with Gasteiger partial charge in [0.2, 0.25) is 11.8 Å². The smallest absolute Gasteiger partial charge is 0.243 e. The standard InChI is InChI=1S/C47H43Cl2N3O5/c48-40-19-10-32(22-41(40)49)28-55-39-17-15-35(16-18-39)45-29-56-43-24-37-23-42(52(27-38(37)25-44(43)57-45)47(54)36-4-2-1-3-5-36)46(53)51-21-20-30-6-11-33(12-7-30)34-13-8-31(26-50)9-14-34/h6-19,22,24-25,36,42,45H,1-5,20-21,23,27-29H2,(H,51,53). The van der Waals surface area contributed by atoms with Crippen LogP contribution < -0.4 is 19.5 Å². The Hall–Kier alpha value is -5.49. The van der Waals surface area contributed by atoms with Crippen LogP contribution in [0.3, 0.4) is 0 Å². The van der Waals surface area contributed by atoms with Gasteiger partial charge in [-0.2, -0.15) is 5.26 Å². The van der Waals surface area contributed by atoms with Gasteiger partial charge in [0.1, 0.15) is 25.0 Å². The number of hydrogen-bond acceptors (Lipinski definition) is 6. The van der Waals surface area contributed by atoms with Crippen LogP contribution in [0.4, 0.5) is 0 Å². The van der Waals surface area contributed by atoms with Crippen molar-refractivity contribution in [1.82, 2.24) is 10.2 Å². The van der Waals surface area contributed by atoms with E-state index in [1.165, 1.54) is 0 Å². The maximum atomic E-state index is 14.1. The third-order valence-electron chi connectivity index (χ3n) is 11.3. The van der Waals surface area contributed by atoms with Gasteiger partial charge in [-0.05, 0) is 107 Å². The highest BCUT2D eigenvalue weighted by molar-refractivity contribution is 6.42. The van der Waals surface area contributed by atoms with Gasteiger partial charge in [-0.25, -0.2) is 0 Å². The van der Waals surface area contributed by atoms with E-state index in [2.05, 4.69) is 35.7 Å². The number of amides is 2. The lowest BCUT2D eigenvalue weighted by molar-refractivity contribution is -0.145. The minimum atomic E-state index is -0.613. The molecule has 10 heteroatoms. The average molecular weight is 801 g/mol. The first kappa shape index (κ1) is 38.4. The molecule has 1 N–H and O–H groups in total. The second-order valence-electron chi connectivity index (χ2n) is 15.0. The van der Waals surface area contributed by atoms with Crippen molar-refractivity contribution in [3.8, 4) is 34.4 Å². The number of nitrogens with zero attached hydrogens (tertiary/aromatic N) is 2. The zero-order valence-corrected chi connectivity index (χ0v) is 33.0. The van der Waals surface area contributed by atoms with E-state index in [1.807, 2.05) is 71.6 Å². The number of benzene rings is 5. The first-order valence-electron chi connectivity index (χ1n) is 19.6. The van der Waals surface area contributed by atoms with Crippen molar-refractivity contribution in [2.45, 2.75) is 70.2 Å². The second kappa shape index (κ2) is 17.3. The van der Waals surface area contributed by atoms with Crippen LogP contribution in [0.1, 0.15) is 71.6 Å². The fourth-order valence-corrected chi connectivity index (χ4v) is 8.31. The van der Waals surface area contributed by atoms with Gasteiger partial charge in [0, 0.05) is 25.4 Å². The zero-order valence-electron chi connectivity index (χ0n) is 31.5. The Morgan fingerprint density at radius 2 is 1.51 bits per heavy atom. The number of rotatable bonds is 10. The van der Waals surface area contributed by atoms with Crippen molar-refractivity contribution in [2.24, 2.45) is 5.92 Å². The fourth-order valence-electron chi connectivity index (χ4n) is 7.99. The number of nitrogens with one attached hydrogen (secondary N) is 1. The number of carbonyl (C=O) groups excluding carboxylic acids is 2. The maximum absolute atomic E-state index is 14.1. The summed E-state index contributed by atoms with van der Waals surface area (Å²) in [6.07, 6.45) is 5.67. The van der Waals surface area contributed by atoms with Gasteiger partial charge in [0.05, 0.1) is 21.7 Å². The predicted molar refractivity (Wildman–Crippen MR) is 220 cm³/mol. The number of halogens is 2. The minimum Gasteiger partial charge on any atom is -0.489 e. The average Bonchev–Trinajstić information content (AvgIpc) is 3.26. The highest BCUT2D eigenvalue weighted by atomic mass is 35.5. The Bertz CT molecular complexity index is 2280. The van der Waals surface area contributed by atoms with Crippen molar-refractivity contribution >= 4 is 35.0 Å². The number of hydrogen-bond donors (Lipinski definition) is 1. The molecule has 2 amide bonds. The molecule has 8 rings (SSSR count). The molecule has 0 aromatic heterocycles. The van der Waals surface area contributed by atoms with Gasteiger partial charge in [-0.3, -0.25) is 9.59 Å². The molecular formula is C47H43Cl2N3O5. The lowest BCUT2D eigenvalue weighted by atomic mass is 9.86. The molecule has 2 atom stereocenters. The first-order valence-corrected chi connectivity index (χ1v) is 20.4. The molecule has 1 aliphatic carbocycles. The van der Waals surface area contributed by atoms with Gasteiger partial charge in [-0.1, -0.05) is 97.1 Å². The van der Waals surface area contributed by atoms with E-state index >= 15 is 0 Å². The van der Waals surface area contributed by atoms with E-state index in [4.69, 9.17) is 42.7 Å². The third kappa shape index (κ3) is 8.91. The molecule has 8 nitrogen and oxygen atoms in total. The normalized spacial score (nSPS) is 17.6. The molecule has 0 spiro atoms. The predicted octanol–water partition coefficient (Wildman–Crippen LogP) is 9.82. The molecule has 5 aromatic rings. The van der Waals surface area contributed by atoms with Gasteiger partial charge in [-0.15, -0.1) is 0 Å². The van der Waals surface area contributed by atoms with E-state index in [-0.39, 0.29) is 23.8 Å². The van der Waals surface area contributed by atoms with E-state index in [9.17, 15) is 9.59 Å². The van der Waals surface area contributed by atoms with Crippen LogP contribution in [-0.4, -0.2) is 35.9 Å². The Morgan fingerprint density at radius 3 is 2.23 bits per heavy atom. The van der Waals surface area contributed by atoms with E-state index in [1.54, 1.807) is 12.1 Å². The molecule has 1 fully saturated rings. The number of fused-ring (bicyclic) bond motifs is 2. The molecular weight excluding hydrogens is 757 g/mol. The molecule has 0 radical (unpaired) electrons. The maximum Gasteiger partial charge on any atom is 0.243 e. The number of ether oxygens (including phenoxy) is 3. The summed E-state index contributed by atoms with van der Waals surface area (Å²) < 4.78 is 18.7. The number of nitriles is 1.